The molecule has 2 aromatic rings. The highest BCUT2D eigenvalue weighted by atomic mass is 16.5. The molecule has 5 heteroatoms. The first kappa shape index (κ1) is 12.3. The quantitative estimate of drug-likeness (QED) is 0.761. The first-order chi connectivity index (χ1) is 8.88. The minimum absolute atomic E-state index is 0.587. The fourth-order valence-electron chi connectivity index (χ4n) is 1.39. The van der Waals surface area contributed by atoms with Crippen molar-refractivity contribution in [3.05, 3.63) is 42.7 Å². The molecule has 0 atom stereocenters. The molecule has 1 aromatic carbocycles. The van der Waals surface area contributed by atoms with E-state index in [1.165, 1.54) is 0 Å². The van der Waals surface area contributed by atoms with Crippen molar-refractivity contribution in [3.63, 3.8) is 0 Å². The smallest absolute Gasteiger partial charge is 0.222 e. The zero-order valence-corrected chi connectivity index (χ0v) is 10.0. The molecule has 94 valence electrons. The van der Waals surface area contributed by atoms with E-state index >= 15 is 0 Å². The molecule has 0 saturated carbocycles. The van der Waals surface area contributed by atoms with E-state index in [0.29, 0.717) is 18.2 Å². The van der Waals surface area contributed by atoms with Gasteiger partial charge in [-0.2, -0.15) is 0 Å². The Morgan fingerprint density at radius 1 is 1.06 bits per heavy atom. The summed E-state index contributed by atoms with van der Waals surface area (Å²) in [7, 11) is 0. The summed E-state index contributed by atoms with van der Waals surface area (Å²) < 4.78 is 5.59. The summed E-state index contributed by atoms with van der Waals surface area (Å²) in [4.78, 5) is 8.32. The van der Waals surface area contributed by atoms with Gasteiger partial charge in [0.2, 0.25) is 5.95 Å². The first-order valence-corrected chi connectivity index (χ1v) is 5.87. The number of nitrogens with zero attached hydrogens (tertiary/aromatic N) is 2. The van der Waals surface area contributed by atoms with Crippen LogP contribution in [0.2, 0.25) is 0 Å². The third-order valence-corrected chi connectivity index (χ3v) is 2.27. The fourth-order valence-corrected chi connectivity index (χ4v) is 1.39. The Kier molecular flexibility index (Phi) is 4.49. The maximum Gasteiger partial charge on any atom is 0.222 e. The largest absolute Gasteiger partial charge is 0.454 e. The zero-order valence-electron chi connectivity index (χ0n) is 10.0. The summed E-state index contributed by atoms with van der Waals surface area (Å²) in [5, 5.41) is 3.08. The average molecular weight is 244 g/mol. The number of hydrogen-bond acceptors (Lipinski definition) is 5. The normalized spacial score (nSPS) is 10.1. The van der Waals surface area contributed by atoms with Crippen molar-refractivity contribution in [2.75, 3.05) is 18.4 Å². The molecule has 0 spiro atoms. The Morgan fingerprint density at radius 2 is 1.78 bits per heavy atom. The van der Waals surface area contributed by atoms with E-state index in [1.807, 2.05) is 30.3 Å². The first-order valence-electron chi connectivity index (χ1n) is 5.87. The molecule has 0 bridgehead atoms. The van der Waals surface area contributed by atoms with Crippen LogP contribution in [-0.4, -0.2) is 23.1 Å². The standard InChI is InChI=1S/C13H16N4O/c14-7-4-8-15-13-16-9-12(10-17-13)18-11-5-2-1-3-6-11/h1-3,5-6,9-10H,4,7-8,14H2,(H,15,16,17). The number of anilines is 1. The Morgan fingerprint density at radius 3 is 2.44 bits per heavy atom. The van der Waals surface area contributed by atoms with Gasteiger partial charge in [-0.3, -0.25) is 0 Å². The summed E-state index contributed by atoms with van der Waals surface area (Å²) >= 11 is 0. The Hall–Kier alpha value is -2.14. The minimum Gasteiger partial charge on any atom is -0.454 e. The summed E-state index contributed by atoms with van der Waals surface area (Å²) in [6, 6.07) is 9.53. The van der Waals surface area contributed by atoms with Crippen LogP contribution >= 0.6 is 0 Å². The third kappa shape index (κ3) is 3.71. The van der Waals surface area contributed by atoms with Crippen LogP contribution in [0.4, 0.5) is 5.95 Å². The number of nitrogens with two attached hydrogens (primary N) is 1. The second kappa shape index (κ2) is 6.56. The van der Waals surface area contributed by atoms with Crippen LogP contribution < -0.4 is 15.8 Å². The van der Waals surface area contributed by atoms with Gasteiger partial charge >= 0.3 is 0 Å². The Bertz CT molecular complexity index is 458. The molecule has 0 aliphatic carbocycles. The minimum atomic E-state index is 0.587. The van der Waals surface area contributed by atoms with Crippen molar-refractivity contribution in [3.8, 4) is 11.5 Å². The molecule has 1 heterocycles. The lowest BCUT2D eigenvalue weighted by molar-refractivity contribution is 0.477. The molecular weight excluding hydrogens is 228 g/mol. The van der Waals surface area contributed by atoms with Crippen LogP contribution in [0.1, 0.15) is 6.42 Å². The summed E-state index contributed by atoms with van der Waals surface area (Å²) in [6.07, 6.45) is 4.18. The lowest BCUT2D eigenvalue weighted by Gasteiger charge is -2.06. The van der Waals surface area contributed by atoms with Gasteiger partial charge < -0.3 is 15.8 Å². The maximum atomic E-state index is 5.59. The lowest BCUT2D eigenvalue weighted by atomic mass is 10.3. The Balaban J connectivity index is 1.91. The zero-order chi connectivity index (χ0) is 12.6. The highest BCUT2D eigenvalue weighted by molar-refractivity contribution is 5.31. The number of para-hydroxylation sites is 1. The molecule has 0 amide bonds. The number of nitrogens with one attached hydrogen (secondary N) is 1. The van der Waals surface area contributed by atoms with Gasteiger partial charge in [0.15, 0.2) is 5.75 Å². The predicted octanol–water partition coefficient (Wildman–Crippen LogP) is 2.03. The van der Waals surface area contributed by atoms with Crippen molar-refractivity contribution in [2.24, 2.45) is 5.73 Å². The van der Waals surface area contributed by atoms with Gasteiger partial charge in [-0.05, 0) is 25.1 Å². The molecule has 0 unspecified atom stereocenters. The monoisotopic (exact) mass is 244 g/mol. The summed E-state index contributed by atoms with van der Waals surface area (Å²) in [5.74, 6) is 1.97. The van der Waals surface area contributed by atoms with Crippen LogP contribution in [0.25, 0.3) is 0 Å². The molecule has 0 aliphatic heterocycles. The number of rotatable bonds is 6. The van der Waals surface area contributed by atoms with Crippen molar-refractivity contribution >= 4 is 5.95 Å². The molecule has 0 saturated heterocycles. The molecular formula is C13H16N4O. The van der Waals surface area contributed by atoms with E-state index in [-0.39, 0.29) is 0 Å². The molecule has 18 heavy (non-hydrogen) atoms. The van der Waals surface area contributed by atoms with E-state index < -0.39 is 0 Å². The second-order valence-electron chi connectivity index (χ2n) is 3.73. The fraction of sp³-hybridized carbons (Fsp3) is 0.231. The van der Waals surface area contributed by atoms with Crippen LogP contribution in [-0.2, 0) is 0 Å². The number of hydrogen-bond donors (Lipinski definition) is 2. The van der Waals surface area contributed by atoms with Gasteiger partial charge in [-0.15, -0.1) is 0 Å². The van der Waals surface area contributed by atoms with Crippen LogP contribution in [0.15, 0.2) is 42.7 Å². The highest BCUT2D eigenvalue weighted by Crippen LogP contribution is 2.19. The van der Waals surface area contributed by atoms with E-state index in [2.05, 4.69) is 15.3 Å². The van der Waals surface area contributed by atoms with E-state index in [0.717, 1.165) is 18.7 Å². The van der Waals surface area contributed by atoms with Crippen LogP contribution in [0.3, 0.4) is 0 Å². The topological polar surface area (TPSA) is 73.1 Å². The molecule has 2 rings (SSSR count). The summed E-state index contributed by atoms with van der Waals surface area (Å²) in [5.41, 5.74) is 5.40. The van der Waals surface area contributed by atoms with E-state index in [9.17, 15) is 0 Å². The van der Waals surface area contributed by atoms with Crippen molar-refractivity contribution in [2.45, 2.75) is 6.42 Å². The van der Waals surface area contributed by atoms with Gasteiger partial charge in [0.1, 0.15) is 5.75 Å². The van der Waals surface area contributed by atoms with Crippen molar-refractivity contribution in [1.29, 1.82) is 0 Å². The third-order valence-electron chi connectivity index (χ3n) is 2.27. The lowest BCUT2D eigenvalue weighted by Crippen LogP contribution is -2.10. The number of aromatic nitrogens is 2. The van der Waals surface area contributed by atoms with Gasteiger partial charge in [0.05, 0.1) is 12.4 Å². The average Bonchev–Trinajstić information content (AvgIpc) is 2.42. The molecule has 0 aliphatic rings. The number of benzene rings is 1. The van der Waals surface area contributed by atoms with Gasteiger partial charge in [0, 0.05) is 6.54 Å². The molecule has 5 nitrogen and oxygen atoms in total. The van der Waals surface area contributed by atoms with Crippen LogP contribution in [0, 0.1) is 0 Å². The van der Waals surface area contributed by atoms with E-state index in [4.69, 9.17) is 10.5 Å². The Labute approximate surface area is 106 Å². The summed E-state index contributed by atoms with van der Waals surface area (Å²) in [6.45, 7) is 1.43. The highest BCUT2D eigenvalue weighted by Gasteiger charge is 1.99. The maximum absolute atomic E-state index is 5.59. The molecule has 1 aromatic heterocycles. The molecule has 3 N–H and O–H groups in total. The van der Waals surface area contributed by atoms with Crippen LogP contribution in [0.5, 0.6) is 11.5 Å². The SMILES string of the molecule is NCCCNc1ncc(Oc2ccccc2)cn1. The second-order valence-corrected chi connectivity index (χ2v) is 3.73. The molecule has 0 radical (unpaired) electrons. The van der Waals surface area contributed by atoms with Crippen molar-refractivity contribution < 1.29 is 4.74 Å². The van der Waals surface area contributed by atoms with Gasteiger partial charge in [-0.25, -0.2) is 9.97 Å². The van der Waals surface area contributed by atoms with Gasteiger partial charge in [-0.1, -0.05) is 18.2 Å². The number of ether oxygens (including phenoxy) is 1. The van der Waals surface area contributed by atoms with Crippen molar-refractivity contribution in [1.82, 2.24) is 9.97 Å². The van der Waals surface area contributed by atoms with E-state index in [1.54, 1.807) is 12.4 Å². The van der Waals surface area contributed by atoms with Gasteiger partial charge in [0.25, 0.3) is 0 Å². The predicted molar refractivity (Wildman–Crippen MR) is 70.7 cm³/mol. The molecule has 0 fully saturated rings.